The van der Waals surface area contributed by atoms with E-state index in [0.717, 1.165) is 4.88 Å². The van der Waals surface area contributed by atoms with Crippen LogP contribution in [0.5, 0.6) is 0 Å². The van der Waals surface area contributed by atoms with Crippen molar-refractivity contribution in [3.05, 3.63) is 22.4 Å². The molecule has 0 aliphatic rings. The predicted molar refractivity (Wildman–Crippen MR) is 65.6 cm³/mol. The van der Waals surface area contributed by atoms with E-state index < -0.39 is 23.9 Å². The van der Waals surface area contributed by atoms with Gasteiger partial charge in [-0.2, -0.15) is 26.3 Å². The molecule has 0 aromatic carbocycles. The van der Waals surface area contributed by atoms with Crippen molar-refractivity contribution in [2.75, 3.05) is 0 Å². The normalized spacial score (nSPS) is 11.7. The van der Waals surface area contributed by atoms with Crippen LogP contribution in [0.15, 0.2) is 17.5 Å². The van der Waals surface area contributed by atoms with Crippen LogP contribution in [0.3, 0.4) is 0 Å². The van der Waals surface area contributed by atoms with Crippen LogP contribution in [0.1, 0.15) is 23.5 Å². The highest BCUT2D eigenvalue weighted by Gasteiger charge is 2.54. The number of alkyl halides is 6. The Morgan fingerprint density at radius 3 is 1.59 bits per heavy atom. The van der Waals surface area contributed by atoms with Crippen LogP contribution >= 0.6 is 11.3 Å². The molecule has 22 heavy (non-hydrogen) atoms. The molecule has 0 amide bonds. The summed E-state index contributed by atoms with van der Waals surface area (Å²) in [5.41, 5.74) is 0. The number of carbonyl (C=O) groups is 3. The number of ketones is 3. The second-order valence-corrected chi connectivity index (χ2v) is 5.10. The highest BCUT2D eigenvalue weighted by atomic mass is 32.1. The van der Waals surface area contributed by atoms with Crippen molar-refractivity contribution >= 4 is 28.7 Å². The summed E-state index contributed by atoms with van der Waals surface area (Å²) in [6.07, 6.45) is -11.5. The topological polar surface area (TPSA) is 51.2 Å². The summed E-state index contributed by atoms with van der Waals surface area (Å²) in [4.78, 5) is 31.3. The van der Waals surface area contributed by atoms with Crippen LogP contribution in [0.4, 0.5) is 26.3 Å². The molecule has 1 aromatic rings. The number of thiophene rings is 1. The van der Waals surface area contributed by atoms with Crippen molar-refractivity contribution in [1.82, 2.24) is 0 Å². The molecule has 3 nitrogen and oxygen atoms in total. The second-order valence-electron chi connectivity index (χ2n) is 4.15. The fourth-order valence-corrected chi connectivity index (χ4v) is 1.77. The fourth-order valence-electron chi connectivity index (χ4n) is 0.961. The first-order chi connectivity index (χ1) is 9.78. The molecule has 0 saturated heterocycles. The maximum absolute atomic E-state index is 11.2. The van der Waals surface area contributed by atoms with E-state index in [1.807, 2.05) is 31.4 Å². The first kappa shape index (κ1) is 20.3. The maximum Gasteiger partial charge on any atom is 0.458 e. The standard InChI is InChI=1S/C8H10OS.C4F6O2/c1-6(2)8(9)7-4-3-5-10-7;5-3(6,7)1(11)2(12)4(8,9)10/h3-6H,1-2H3;. The number of hydrogen-bond donors (Lipinski definition) is 0. The Balaban J connectivity index is 0.000000406. The minimum Gasteiger partial charge on any atom is -0.293 e. The molecule has 0 atom stereocenters. The molecule has 0 aliphatic heterocycles. The summed E-state index contributed by atoms with van der Waals surface area (Å²) in [6, 6.07) is 3.77. The van der Waals surface area contributed by atoms with E-state index in [2.05, 4.69) is 0 Å². The molecule has 1 rings (SSSR count). The van der Waals surface area contributed by atoms with Gasteiger partial charge in [0.25, 0.3) is 0 Å². The quantitative estimate of drug-likeness (QED) is 0.474. The lowest BCUT2D eigenvalue weighted by Gasteiger charge is -2.05. The second kappa shape index (κ2) is 7.52. The van der Waals surface area contributed by atoms with E-state index in [1.54, 1.807) is 0 Å². The maximum atomic E-state index is 11.2. The van der Waals surface area contributed by atoms with E-state index in [1.165, 1.54) is 11.3 Å². The Morgan fingerprint density at radius 2 is 1.36 bits per heavy atom. The molecule has 0 aliphatic carbocycles. The zero-order valence-electron chi connectivity index (χ0n) is 11.2. The van der Waals surface area contributed by atoms with Gasteiger partial charge < -0.3 is 0 Å². The third kappa shape index (κ3) is 6.37. The lowest BCUT2D eigenvalue weighted by atomic mass is 10.1. The highest BCUT2D eigenvalue weighted by molar-refractivity contribution is 7.12. The molecule has 10 heteroatoms. The smallest absolute Gasteiger partial charge is 0.293 e. The molecule has 0 radical (unpaired) electrons. The summed E-state index contributed by atoms with van der Waals surface area (Å²) >= 11 is 1.51. The van der Waals surface area contributed by atoms with Crippen LogP contribution in [0.25, 0.3) is 0 Å². The Labute approximate surface area is 124 Å². The molecule has 0 fully saturated rings. The van der Waals surface area contributed by atoms with Crippen LogP contribution in [-0.4, -0.2) is 29.7 Å². The summed E-state index contributed by atoms with van der Waals surface area (Å²) in [5.74, 6) is -6.45. The molecule has 0 N–H and O–H groups in total. The van der Waals surface area contributed by atoms with Gasteiger partial charge in [0.15, 0.2) is 5.78 Å². The van der Waals surface area contributed by atoms with Gasteiger partial charge in [0.1, 0.15) is 0 Å². The largest absolute Gasteiger partial charge is 0.458 e. The van der Waals surface area contributed by atoms with E-state index in [9.17, 15) is 40.7 Å². The summed E-state index contributed by atoms with van der Waals surface area (Å²) in [6.45, 7) is 3.84. The lowest BCUT2D eigenvalue weighted by Crippen LogP contribution is -2.39. The van der Waals surface area contributed by atoms with Gasteiger partial charge in [0.05, 0.1) is 4.88 Å². The fraction of sp³-hybridized carbons (Fsp3) is 0.417. The summed E-state index contributed by atoms with van der Waals surface area (Å²) in [7, 11) is 0. The average Bonchev–Trinajstić information content (AvgIpc) is 2.88. The SMILES string of the molecule is CC(C)C(=O)c1cccs1.O=C(C(=O)C(F)(F)F)C(F)(F)F. The van der Waals surface area contributed by atoms with E-state index in [-0.39, 0.29) is 11.7 Å². The van der Waals surface area contributed by atoms with Gasteiger partial charge in [-0.3, -0.25) is 14.4 Å². The zero-order chi connectivity index (χ0) is 17.7. The number of rotatable bonds is 3. The summed E-state index contributed by atoms with van der Waals surface area (Å²) in [5, 5.41) is 1.93. The average molecular weight is 348 g/mol. The highest BCUT2D eigenvalue weighted by Crippen LogP contribution is 2.24. The van der Waals surface area contributed by atoms with Crippen molar-refractivity contribution in [1.29, 1.82) is 0 Å². The number of halogens is 6. The van der Waals surface area contributed by atoms with Gasteiger partial charge in [-0.05, 0) is 11.4 Å². The lowest BCUT2D eigenvalue weighted by molar-refractivity contribution is -0.193. The third-order valence-corrected chi connectivity index (χ3v) is 2.89. The van der Waals surface area contributed by atoms with E-state index >= 15 is 0 Å². The van der Waals surface area contributed by atoms with Crippen LogP contribution in [0.2, 0.25) is 0 Å². The molecular weight excluding hydrogens is 338 g/mol. The Kier molecular flexibility index (Phi) is 6.94. The first-order valence-corrected chi connectivity index (χ1v) is 6.46. The van der Waals surface area contributed by atoms with Crippen molar-refractivity contribution in [2.45, 2.75) is 26.2 Å². The van der Waals surface area contributed by atoms with Gasteiger partial charge >= 0.3 is 23.9 Å². The van der Waals surface area contributed by atoms with Gasteiger partial charge in [-0.1, -0.05) is 19.9 Å². The van der Waals surface area contributed by atoms with Gasteiger partial charge in [0, 0.05) is 5.92 Å². The molecular formula is C12H10F6O3S. The first-order valence-electron chi connectivity index (χ1n) is 5.58. The monoisotopic (exact) mass is 348 g/mol. The molecule has 124 valence electrons. The molecule has 0 spiro atoms. The van der Waals surface area contributed by atoms with Crippen LogP contribution in [0, 0.1) is 5.92 Å². The Morgan fingerprint density at radius 1 is 0.955 bits per heavy atom. The van der Waals surface area contributed by atoms with Crippen LogP contribution in [-0.2, 0) is 9.59 Å². The van der Waals surface area contributed by atoms with Gasteiger partial charge in [0.2, 0.25) is 0 Å². The third-order valence-electron chi connectivity index (χ3n) is 2.01. The van der Waals surface area contributed by atoms with Crippen molar-refractivity contribution < 1.29 is 40.7 Å². The van der Waals surface area contributed by atoms with E-state index in [4.69, 9.17) is 0 Å². The minimum absolute atomic E-state index is 0.124. The molecule has 1 aromatic heterocycles. The summed E-state index contributed by atoms with van der Waals surface area (Å²) < 4.78 is 67.0. The predicted octanol–water partition coefficient (Wildman–Crippen LogP) is 3.84. The Hall–Kier alpha value is -1.71. The zero-order valence-corrected chi connectivity index (χ0v) is 12.0. The number of carbonyl (C=O) groups excluding carboxylic acids is 3. The van der Waals surface area contributed by atoms with Crippen LogP contribution < -0.4 is 0 Å². The molecule has 0 saturated carbocycles. The number of hydrogen-bond acceptors (Lipinski definition) is 4. The van der Waals surface area contributed by atoms with Gasteiger partial charge in [-0.25, -0.2) is 0 Å². The minimum atomic E-state index is -5.77. The number of Topliss-reactive ketones (excluding diaryl/α,β-unsaturated/α-hetero) is 3. The molecule has 0 bridgehead atoms. The molecule has 1 heterocycles. The van der Waals surface area contributed by atoms with Crippen molar-refractivity contribution in [2.24, 2.45) is 5.92 Å². The molecule has 0 unspecified atom stereocenters. The van der Waals surface area contributed by atoms with Gasteiger partial charge in [-0.15, -0.1) is 11.3 Å². The van der Waals surface area contributed by atoms with Crippen molar-refractivity contribution in [3.63, 3.8) is 0 Å². The van der Waals surface area contributed by atoms with E-state index in [0.29, 0.717) is 0 Å². The van der Waals surface area contributed by atoms with Crippen molar-refractivity contribution in [3.8, 4) is 0 Å². The Bertz CT molecular complexity index is 504.